The van der Waals surface area contributed by atoms with Crippen LogP contribution in [0.15, 0.2) is 63.9 Å². The second kappa shape index (κ2) is 11.3. The van der Waals surface area contributed by atoms with Crippen LogP contribution >= 0.6 is 23.5 Å². The Balaban J connectivity index is 1.40. The van der Waals surface area contributed by atoms with Crippen LogP contribution in [0.1, 0.15) is 17.5 Å². The molecule has 0 saturated heterocycles. The van der Waals surface area contributed by atoms with Gasteiger partial charge in [0.2, 0.25) is 0 Å². The van der Waals surface area contributed by atoms with Crippen LogP contribution in [0.4, 0.5) is 10.5 Å². The summed E-state index contributed by atoms with van der Waals surface area (Å²) in [5, 5.41) is 16.3. The van der Waals surface area contributed by atoms with Crippen LogP contribution < -0.4 is 15.4 Å². The molecule has 0 spiro atoms. The van der Waals surface area contributed by atoms with Crippen LogP contribution in [-0.4, -0.2) is 36.7 Å². The number of pyridine rings is 1. The largest absolute Gasteiger partial charge is 0.490 e. The van der Waals surface area contributed by atoms with Crippen LogP contribution in [0.5, 0.6) is 5.75 Å². The van der Waals surface area contributed by atoms with E-state index in [1.54, 1.807) is 42.9 Å². The minimum absolute atomic E-state index is 0.0449. The number of ether oxygens (including phenoxy) is 2. The van der Waals surface area contributed by atoms with Gasteiger partial charge in [0.1, 0.15) is 18.4 Å². The number of thioether (sulfide) groups is 2. The zero-order valence-corrected chi connectivity index (χ0v) is 20.5. The maximum atomic E-state index is 12.4. The first kappa shape index (κ1) is 24.0. The number of anilines is 1. The van der Waals surface area contributed by atoms with E-state index in [2.05, 4.69) is 27.8 Å². The highest BCUT2D eigenvalue weighted by molar-refractivity contribution is 8.22. The van der Waals surface area contributed by atoms with Gasteiger partial charge in [-0.3, -0.25) is 4.98 Å². The number of hydrogen-bond acceptors (Lipinski definition) is 7. The van der Waals surface area contributed by atoms with Gasteiger partial charge in [-0.05, 0) is 37.6 Å². The molecule has 0 aliphatic carbocycles. The number of hydrogen-bond donors (Lipinski definition) is 2. The van der Waals surface area contributed by atoms with Crippen molar-refractivity contribution in [3.8, 4) is 11.8 Å². The molecule has 1 aliphatic heterocycles. The topological polar surface area (TPSA) is 96.3 Å². The number of methoxy groups -OCH3 is 1. The Labute approximate surface area is 206 Å². The first-order valence-electron chi connectivity index (χ1n) is 10.7. The molecule has 0 saturated carbocycles. The molecule has 1 aromatic heterocycles. The molecule has 2 heterocycles. The number of benzene rings is 2. The number of carbonyl (C=O) groups is 1. The molecule has 1 unspecified atom stereocenters. The van der Waals surface area contributed by atoms with Gasteiger partial charge in [0.05, 0.1) is 23.1 Å². The molecule has 0 radical (unpaired) electrons. The third kappa shape index (κ3) is 6.03. The molecule has 0 fully saturated rings. The molecule has 1 atom stereocenters. The van der Waals surface area contributed by atoms with Gasteiger partial charge in [-0.1, -0.05) is 47.3 Å². The van der Waals surface area contributed by atoms with Crippen LogP contribution in [0, 0.1) is 18.3 Å². The third-order valence-corrected chi connectivity index (χ3v) is 7.51. The number of nitriles is 1. The molecule has 0 bridgehead atoms. The van der Waals surface area contributed by atoms with Crippen molar-refractivity contribution in [3.63, 3.8) is 0 Å². The summed E-state index contributed by atoms with van der Waals surface area (Å²) in [4.78, 5) is 17.8. The van der Waals surface area contributed by atoms with Crippen LogP contribution in [0.2, 0.25) is 0 Å². The summed E-state index contributed by atoms with van der Waals surface area (Å²) in [7, 11) is 1.60. The smallest absolute Gasteiger partial charge is 0.320 e. The SMILES string of the molecule is COCCOc1cc2nccc(SC3=CCC(NC(=O)Nc4ccc(C)cc4)S3)c2cc1C#N. The molecule has 2 amide bonds. The summed E-state index contributed by atoms with van der Waals surface area (Å²) in [6.45, 7) is 2.81. The van der Waals surface area contributed by atoms with Gasteiger partial charge >= 0.3 is 6.03 Å². The van der Waals surface area contributed by atoms with Gasteiger partial charge in [-0.25, -0.2) is 4.79 Å². The molecule has 2 N–H and O–H groups in total. The van der Waals surface area contributed by atoms with E-state index in [4.69, 9.17) is 9.47 Å². The van der Waals surface area contributed by atoms with E-state index in [0.717, 1.165) is 37.7 Å². The number of aryl methyl sites for hydroxylation is 1. The van der Waals surface area contributed by atoms with Crippen molar-refractivity contribution < 1.29 is 14.3 Å². The second-order valence-corrected chi connectivity index (χ2v) is 10.1. The fourth-order valence-electron chi connectivity index (χ4n) is 3.33. The standard InChI is InChI=1S/C25H24N4O3S2/c1-16-3-5-18(6-4-16)28-25(30)29-23-7-8-24(34-23)33-22-9-10-27-20-14-21(32-12-11-31-2)17(15-26)13-19(20)22/h3-6,8-10,13-14,23H,7,11-12H2,1-2H3,(H2,28,29,30). The quantitative estimate of drug-likeness (QED) is 0.392. The van der Waals surface area contributed by atoms with E-state index in [9.17, 15) is 10.1 Å². The first-order valence-corrected chi connectivity index (χ1v) is 12.4. The number of nitrogens with zero attached hydrogens (tertiary/aromatic N) is 2. The average Bonchev–Trinajstić information content (AvgIpc) is 3.27. The molecule has 4 rings (SSSR count). The Morgan fingerprint density at radius 1 is 1.26 bits per heavy atom. The van der Waals surface area contributed by atoms with Crippen molar-refractivity contribution in [1.29, 1.82) is 5.26 Å². The fourth-order valence-corrected chi connectivity index (χ4v) is 5.77. The highest BCUT2D eigenvalue weighted by Crippen LogP contribution is 2.44. The van der Waals surface area contributed by atoms with Crippen LogP contribution in [-0.2, 0) is 4.74 Å². The van der Waals surface area contributed by atoms with E-state index in [-0.39, 0.29) is 11.4 Å². The summed E-state index contributed by atoms with van der Waals surface area (Å²) in [6, 6.07) is 15.2. The summed E-state index contributed by atoms with van der Waals surface area (Å²) in [6.07, 6.45) is 4.60. The molecule has 34 heavy (non-hydrogen) atoms. The summed E-state index contributed by atoms with van der Waals surface area (Å²) in [5.41, 5.74) is 3.12. The van der Waals surface area contributed by atoms with Gasteiger partial charge in [0, 0.05) is 39.6 Å². The van der Waals surface area contributed by atoms with Crippen LogP contribution in [0.25, 0.3) is 10.9 Å². The second-order valence-electron chi connectivity index (χ2n) is 7.56. The van der Waals surface area contributed by atoms with Gasteiger partial charge in [0.15, 0.2) is 0 Å². The highest BCUT2D eigenvalue weighted by atomic mass is 32.2. The number of amides is 2. The van der Waals surface area contributed by atoms with Crippen molar-refractivity contribution in [2.75, 3.05) is 25.6 Å². The first-order chi connectivity index (χ1) is 16.6. The van der Waals surface area contributed by atoms with Gasteiger partial charge < -0.3 is 20.1 Å². The van der Waals surface area contributed by atoms with E-state index in [1.165, 1.54) is 0 Å². The van der Waals surface area contributed by atoms with Crippen LogP contribution in [0.3, 0.4) is 0 Å². The predicted molar refractivity (Wildman–Crippen MR) is 137 cm³/mol. The number of fused-ring (bicyclic) bond motifs is 1. The van der Waals surface area contributed by atoms with E-state index in [0.29, 0.717) is 24.5 Å². The van der Waals surface area contributed by atoms with Gasteiger partial charge in [0.25, 0.3) is 0 Å². The molecule has 3 aromatic rings. The van der Waals surface area contributed by atoms with Crippen molar-refractivity contribution in [2.24, 2.45) is 0 Å². The number of carbonyl (C=O) groups excluding carboxylic acids is 1. The van der Waals surface area contributed by atoms with Crippen molar-refractivity contribution in [2.45, 2.75) is 23.6 Å². The molecular weight excluding hydrogens is 468 g/mol. The lowest BCUT2D eigenvalue weighted by molar-refractivity contribution is 0.146. The lowest BCUT2D eigenvalue weighted by Crippen LogP contribution is -2.34. The summed E-state index contributed by atoms with van der Waals surface area (Å²) >= 11 is 3.22. The summed E-state index contributed by atoms with van der Waals surface area (Å²) in [5.74, 6) is 0.500. The molecule has 7 nitrogen and oxygen atoms in total. The van der Waals surface area contributed by atoms with Gasteiger partial charge in [-0.2, -0.15) is 5.26 Å². The fraction of sp³-hybridized carbons (Fsp3) is 0.240. The zero-order chi connectivity index (χ0) is 23.9. The lowest BCUT2D eigenvalue weighted by atomic mass is 10.1. The Morgan fingerprint density at radius 3 is 2.85 bits per heavy atom. The average molecular weight is 493 g/mol. The monoisotopic (exact) mass is 492 g/mol. The minimum Gasteiger partial charge on any atom is -0.490 e. The molecule has 2 aromatic carbocycles. The Hall–Kier alpha value is -3.19. The molecular formula is C25H24N4O3S2. The van der Waals surface area contributed by atoms with Crippen molar-refractivity contribution >= 4 is 46.1 Å². The van der Waals surface area contributed by atoms with Crippen molar-refractivity contribution in [3.05, 3.63) is 70.1 Å². The Bertz CT molecular complexity index is 1260. The molecule has 1 aliphatic rings. The van der Waals surface area contributed by atoms with E-state index in [1.807, 2.05) is 43.3 Å². The minimum atomic E-state index is -0.227. The Morgan fingerprint density at radius 2 is 2.09 bits per heavy atom. The molecule has 9 heteroatoms. The normalized spacial score (nSPS) is 15.0. The van der Waals surface area contributed by atoms with E-state index >= 15 is 0 Å². The Kier molecular flexibility index (Phi) is 7.95. The van der Waals surface area contributed by atoms with E-state index < -0.39 is 0 Å². The predicted octanol–water partition coefficient (Wildman–Crippen LogP) is 5.66. The number of nitrogens with one attached hydrogen (secondary N) is 2. The number of urea groups is 1. The highest BCUT2D eigenvalue weighted by Gasteiger charge is 2.21. The summed E-state index contributed by atoms with van der Waals surface area (Å²) < 4.78 is 11.8. The number of aromatic nitrogens is 1. The molecule has 174 valence electrons. The zero-order valence-electron chi connectivity index (χ0n) is 18.8. The maximum Gasteiger partial charge on any atom is 0.320 e. The van der Waals surface area contributed by atoms with Gasteiger partial charge in [-0.15, -0.1) is 0 Å². The number of rotatable bonds is 8. The maximum absolute atomic E-state index is 12.4. The third-order valence-electron chi connectivity index (χ3n) is 5.04. The lowest BCUT2D eigenvalue weighted by Gasteiger charge is -2.14. The van der Waals surface area contributed by atoms with Crippen molar-refractivity contribution in [1.82, 2.24) is 10.3 Å².